The van der Waals surface area contributed by atoms with E-state index in [0.717, 1.165) is 12.8 Å². The van der Waals surface area contributed by atoms with Gasteiger partial charge in [0.1, 0.15) is 11.4 Å². The Bertz CT molecular complexity index is 760. The molecule has 0 unspecified atom stereocenters. The van der Waals surface area contributed by atoms with E-state index in [2.05, 4.69) is 0 Å². The van der Waals surface area contributed by atoms with Crippen LogP contribution in [0.3, 0.4) is 0 Å². The number of pyridine rings is 1. The Morgan fingerprint density at radius 1 is 1.27 bits per heavy atom. The second-order valence-corrected chi connectivity index (χ2v) is 5.32. The van der Waals surface area contributed by atoms with Crippen LogP contribution in [-0.4, -0.2) is 17.1 Å². The quantitative estimate of drug-likeness (QED) is 0.815. The molecular weight excluding hydrogens is 285 g/mol. The number of halogens is 1. The zero-order valence-corrected chi connectivity index (χ0v) is 12.2. The molecule has 1 heterocycles. The minimum Gasteiger partial charge on any atom is -0.462 e. The molecule has 0 saturated heterocycles. The highest BCUT2D eigenvalue weighted by Gasteiger charge is 2.26. The van der Waals surface area contributed by atoms with Crippen LogP contribution in [0.25, 0.3) is 11.1 Å². The Balaban J connectivity index is 2.14. The van der Waals surface area contributed by atoms with Gasteiger partial charge in [-0.3, -0.25) is 4.79 Å². The highest BCUT2D eigenvalue weighted by molar-refractivity contribution is 5.90. The summed E-state index contributed by atoms with van der Waals surface area (Å²) in [7, 11) is 0. The average Bonchev–Trinajstić information content (AvgIpc) is 3.33. The molecule has 0 spiro atoms. The predicted molar refractivity (Wildman–Crippen MR) is 80.3 cm³/mol. The van der Waals surface area contributed by atoms with Gasteiger partial charge in [0.15, 0.2) is 0 Å². The van der Waals surface area contributed by atoms with Crippen LogP contribution in [0.5, 0.6) is 0 Å². The van der Waals surface area contributed by atoms with Crippen LogP contribution in [0.1, 0.15) is 36.2 Å². The molecular formula is C17H16FNO3. The van der Waals surface area contributed by atoms with E-state index in [4.69, 9.17) is 4.74 Å². The number of rotatable bonds is 4. The largest absolute Gasteiger partial charge is 0.462 e. The van der Waals surface area contributed by atoms with E-state index in [1.165, 1.54) is 24.3 Å². The first-order valence-electron chi connectivity index (χ1n) is 7.29. The van der Waals surface area contributed by atoms with Crippen molar-refractivity contribution in [1.29, 1.82) is 0 Å². The fourth-order valence-electron chi connectivity index (χ4n) is 2.37. The Kier molecular flexibility index (Phi) is 3.79. The van der Waals surface area contributed by atoms with E-state index in [1.54, 1.807) is 19.3 Å². The van der Waals surface area contributed by atoms with Crippen LogP contribution in [0.4, 0.5) is 4.39 Å². The van der Waals surface area contributed by atoms with E-state index in [9.17, 15) is 14.0 Å². The first kappa shape index (κ1) is 14.5. The fourth-order valence-corrected chi connectivity index (χ4v) is 2.37. The summed E-state index contributed by atoms with van der Waals surface area (Å²) in [5.74, 6) is -0.987. The first-order valence-corrected chi connectivity index (χ1v) is 7.29. The molecule has 0 N–H and O–H groups in total. The lowest BCUT2D eigenvalue weighted by molar-refractivity contribution is 0.0524. The summed E-state index contributed by atoms with van der Waals surface area (Å²) >= 11 is 0. The maximum Gasteiger partial charge on any atom is 0.343 e. The van der Waals surface area contributed by atoms with Crippen molar-refractivity contribution in [2.45, 2.75) is 25.8 Å². The lowest BCUT2D eigenvalue weighted by atomic mass is 10.0. The molecule has 1 aliphatic rings. The molecule has 1 saturated carbocycles. The summed E-state index contributed by atoms with van der Waals surface area (Å²) in [6, 6.07) is 5.99. The molecule has 4 nitrogen and oxygen atoms in total. The number of carbonyl (C=O) groups is 1. The van der Waals surface area contributed by atoms with E-state index in [-0.39, 0.29) is 23.4 Å². The number of hydrogen-bond acceptors (Lipinski definition) is 3. The van der Waals surface area contributed by atoms with Crippen LogP contribution >= 0.6 is 0 Å². The van der Waals surface area contributed by atoms with Gasteiger partial charge in [-0.05, 0) is 37.5 Å². The molecule has 0 aliphatic heterocycles. The number of benzene rings is 1. The number of esters is 1. The van der Waals surface area contributed by atoms with Gasteiger partial charge >= 0.3 is 5.97 Å². The molecule has 1 aromatic carbocycles. The zero-order chi connectivity index (χ0) is 15.7. The highest BCUT2D eigenvalue weighted by Crippen LogP contribution is 2.35. The minimum atomic E-state index is -0.620. The van der Waals surface area contributed by atoms with Crippen molar-refractivity contribution in [3.05, 3.63) is 58.3 Å². The third kappa shape index (κ3) is 2.79. The summed E-state index contributed by atoms with van der Waals surface area (Å²) in [6.07, 6.45) is 5.34. The SMILES string of the molecule is CCOC(=O)c1cn(C2CC2)cc(-c2ccc(F)cc2)c1=O. The van der Waals surface area contributed by atoms with Crippen LogP contribution < -0.4 is 5.43 Å². The van der Waals surface area contributed by atoms with Crippen LogP contribution in [0.15, 0.2) is 41.5 Å². The topological polar surface area (TPSA) is 48.3 Å². The molecule has 22 heavy (non-hydrogen) atoms. The molecule has 114 valence electrons. The van der Waals surface area contributed by atoms with Crippen molar-refractivity contribution in [1.82, 2.24) is 4.57 Å². The van der Waals surface area contributed by atoms with Crippen LogP contribution in [-0.2, 0) is 4.74 Å². The Morgan fingerprint density at radius 3 is 2.55 bits per heavy atom. The highest BCUT2D eigenvalue weighted by atomic mass is 19.1. The van der Waals surface area contributed by atoms with Crippen LogP contribution in [0.2, 0.25) is 0 Å². The standard InChI is InChI=1S/C17H16FNO3/c1-2-22-17(21)15-10-19(13-7-8-13)9-14(16(15)20)11-3-5-12(18)6-4-11/h3-6,9-10,13H,2,7-8H2,1H3. The molecule has 1 fully saturated rings. The second-order valence-electron chi connectivity index (χ2n) is 5.32. The van der Waals surface area contributed by atoms with E-state index in [0.29, 0.717) is 17.2 Å². The molecule has 3 rings (SSSR count). The van der Waals surface area contributed by atoms with Gasteiger partial charge in [0.05, 0.1) is 6.61 Å². The Hall–Kier alpha value is -2.43. The van der Waals surface area contributed by atoms with Crippen molar-refractivity contribution in [3.63, 3.8) is 0 Å². The smallest absolute Gasteiger partial charge is 0.343 e. The molecule has 0 amide bonds. The maximum atomic E-state index is 13.1. The maximum absolute atomic E-state index is 13.1. The van der Waals surface area contributed by atoms with E-state index < -0.39 is 5.97 Å². The third-order valence-corrected chi connectivity index (χ3v) is 3.66. The number of hydrogen-bond donors (Lipinski definition) is 0. The zero-order valence-electron chi connectivity index (χ0n) is 12.2. The molecule has 1 aromatic heterocycles. The van der Waals surface area contributed by atoms with Crippen molar-refractivity contribution in [3.8, 4) is 11.1 Å². The number of ether oxygens (including phenoxy) is 1. The van der Waals surface area contributed by atoms with Gasteiger partial charge in [-0.1, -0.05) is 12.1 Å². The van der Waals surface area contributed by atoms with Gasteiger partial charge in [-0.2, -0.15) is 0 Å². The van der Waals surface area contributed by atoms with Gasteiger partial charge in [0.25, 0.3) is 0 Å². The van der Waals surface area contributed by atoms with E-state index >= 15 is 0 Å². The first-order chi connectivity index (χ1) is 10.6. The average molecular weight is 301 g/mol. The number of nitrogens with zero attached hydrogens (tertiary/aromatic N) is 1. The van der Waals surface area contributed by atoms with Gasteiger partial charge in [0.2, 0.25) is 5.43 Å². The summed E-state index contributed by atoms with van der Waals surface area (Å²) in [4.78, 5) is 24.6. The summed E-state index contributed by atoms with van der Waals surface area (Å²) in [5.41, 5.74) is 0.613. The van der Waals surface area contributed by atoms with Crippen molar-refractivity contribution in [2.75, 3.05) is 6.61 Å². The normalized spacial score (nSPS) is 13.9. The van der Waals surface area contributed by atoms with Gasteiger partial charge in [-0.25, -0.2) is 9.18 Å². The van der Waals surface area contributed by atoms with Gasteiger partial charge in [-0.15, -0.1) is 0 Å². The number of aromatic nitrogens is 1. The molecule has 0 atom stereocenters. The van der Waals surface area contributed by atoms with Crippen LogP contribution in [0, 0.1) is 5.82 Å². The molecule has 5 heteroatoms. The minimum absolute atomic E-state index is 0.0237. The lowest BCUT2D eigenvalue weighted by Crippen LogP contribution is -2.21. The monoisotopic (exact) mass is 301 g/mol. The Morgan fingerprint density at radius 2 is 1.95 bits per heavy atom. The van der Waals surface area contributed by atoms with Crippen molar-refractivity contribution in [2.24, 2.45) is 0 Å². The second kappa shape index (κ2) is 5.75. The van der Waals surface area contributed by atoms with Crippen molar-refractivity contribution < 1.29 is 13.9 Å². The summed E-state index contributed by atoms with van der Waals surface area (Å²) in [6.45, 7) is 1.91. The number of carbonyl (C=O) groups excluding carboxylic acids is 1. The van der Waals surface area contributed by atoms with Gasteiger partial charge < -0.3 is 9.30 Å². The molecule has 1 aliphatic carbocycles. The predicted octanol–water partition coefficient (Wildman–Crippen LogP) is 3.17. The third-order valence-electron chi connectivity index (χ3n) is 3.66. The summed E-state index contributed by atoms with van der Waals surface area (Å²) in [5, 5.41) is 0. The summed E-state index contributed by atoms with van der Waals surface area (Å²) < 4.78 is 19.9. The van der Waals surface area contributed by atoms with E-state index in [1.807, 2.05) is 4.57 Å². The van der Waals surface area contributed by atoms with Crippen molar-refractivity contribution >= 4 is 5.97 Å². The fraction of sp³-hybridized carbons (Fsp3) is 0.294. The molecule has 2 aromatic rings. The lowest BCUT2D eigenvalue weighted by Gasteiger charge is -2.11. The Labute approximate surface area is 127 Å². The molecule has 0 radical (unpaired) electrons. The van der Waals surface area contributed by atoms with Gasteiger partial charge in [0, 0.05) is 24.0 Å². The molecule has 0 bridgehead atoms.